The first-order valence-corrected chi connectivity index (χ1v) is 6.96. The number of amides is 2. The average molecular weight is 296 g/mol. The zero-order valence-corrected chi connectivity index (χ0v) is 12.1. The van der Waals surface area contributed by atoms with Gasteiger partial charge in [-0.15, -0.1) is 0 Å². The summed E-state index contributed by atoms with van der Waals surface area (Å²) < 4.78 is 0. The molecule has 0 spiro atoms. The van der Waals surface area contributed by atoms with Crippen molar-refractivity contribution in [1.82, 2.24) is 15.5 Å². The number of halogens is 1. The van der Waals surface area contributed by atoms with Gasteiger partial charge in [0, 0.05) is 31.7 Å². The van der Waals surface area contributed by atoms with Crippen LogP contribution in [0.3, 0.4) is 0 Å². The van der Waals surface area contributed by atoms with Crippen LogP contribution in [-0.2, 0) is 16.0 Å². The topological polar surface area (TPSA) is 61.4 Å². The molecule has 1 aromatic carbocycles. The summed E-state index contributed by atoms with van der Waals surface area (Å²) >= 11 is 5.92. The molecule has 1 aliphatic rings. The molecular formula is C14H18ClN3O2. The highest BCUT2D eigenvalue weighted by molar-refractivity contribution is 6.30. The quantitative estimate of drug-likeness (QED) is 0.850. The van der Waals surface area contributed by atoms with Crippen LogP contribution in [0.5, 0.6) is 0 Å². The van der Waals surface area contributed by atoms with E-state index in [2.05, 4.69) is 10.6 Å². The van der Waals surface area contributed by atoms with Crippen LogP contribution in [-0.4, -0.2) is 49.4 Å². The van der Waals surface area contributed by atoms with Gasteiger partial charge in [-0.3, -0.25) is 9.59 Å². The van der Waals surface area contributed by atoms with Crippen molar-refractivity contribution >= 4 is 23.4 Å². The van der Waals surface area contributed by atoms with Crippen LogP contribution in [0.2, 0.25) is 5.02 Å². The fraction of sp³-hybridized carbons (Fsp3) is 0.429. The number of rotatable bonds is 3. The van der Waals surface area contributed by atoms with Gasteiger partial charge in [0.25, 0.3) is 0 Å². The number of likely N-dealkylation sites (N-methyl/N-ethyl adjacent to an activating group) is 1. The van der Waals surface area contributed by atoms with Gasteiger partial charge in [-0.25, -0.2) is 0 Å². The fourth-order valence-electron chi connectivity index (χ4n) is 2.33. The minimum atomic E-state index is -0.444. The molecule has 1 atom stereocenters. The Hall–Kier alpha value is -1.59. The number of nitrogens with one attached hydrogen (secondary N) is 2. The Kier molecular flexibility index (Phi) is 4.98. The Labute approximate surface area is 123 Å². The molecule has 1 aliphatic heterocycles. The third kappa shape index (κ3) is 3.49. The van der Waals surface area contributed by atoms with Crippen LogP contribution < -0.4 is 10.6 Å². The average Bonchev–Trinajstić information content (AvgIpc) is 2.46. The summed E-state index contributed by atoms with van der Waals surface area (Å²) in [5.74, 6) is -0.195. The Morgan fingerprint density at radius 2 is 2.30 bits per heavy atom. The minimum Gasteiger partial charge on any atom is -0.357 e. The lowest BCUT2D eigenvalue weighted by Gasteiger charge is -2.35. The van der Waals surface area contributed by atoms with Crippen molar-refractivity contribution in [2.45, 2.75) is 12.5 Å². The van der Waals surface area contributed by atoms with Crippen molar-refractivity contribution in [2.75, 3.05) is 26.7 Å². The molecule has 1 fully saturated rings. The molecule has 5 nitrogen and oxygen atoms in total. The molecule has 6 heteroatoms. The number of nitrogens with zero attached hydrogens (tertiary/aromatic N) is 1. The Morgan fingerprint density at radius 1 is 1.50 bits per heavy atom. The van der Waals surface area contributed by atoms with Gasteiger partial charge in [0.1, 0.15) is 6.04 Å². The Balaban J connectivity index is 2.08. The van der Waals surface area contributed by atoms with E-state index in [1.165, 1.54) is 0 Å². The first kappa shape index (κ1) is 14.8. The zero-order valence-electron chi connectivity index (χ0n) is 11.4. The number of piperazine rings is 1. The van der Waals surface area contributed by atoms with E-state index in [4.69, 9.17) is 11.6 Å². The van der Waals surface area contributed by atoms with Crippen molar-refractivity contribution in [3.63, 3.8) is 0 Å². The predicted octanol–water partition coefficient (Wildman–Crippen LogP) is 0.429. The van der Waals surface area contributed by atoms with E-state index in [9.17, 15) is 9.59 Å². The number of hydrogen-bond donors (Lipinski definition) is 2. The van der Waals surface area contributed by atoms with Gasteiger partial charge in [0.15, 0.2) is 0 Å². The summed E-state index contributed by atoms with van der Waals surface area (Å²) in [6, 6.07) is 6.78. The van der Waals surface area contributed by atoms with Crippen LogP contribution in [0.1, 0.15) is 5.56 Å². The van der Waals surface area contributed by atoms with E-state index < -0.39 is 6.04 Å². The maximum absolute atomic E-state index is 12.4. The van der Waals surface area contributed by atoms with E-state index in [1.54, 1.807) is 24.1 Å². The van der Waals surface area contributed by atoms with Crippen LogP contribution >= 0.6 is 11.6 Å². The van der Waals surface area contributed by atoms with E-state index in [0.717, 1.165) is 5.56 Å². The number of carbonyl (C=O) groups is 2. The molecule has 0 bridgehead atoms. The Bertz CT molecular complexity index is 507. The molecule has 0 aromatic heterocycles. The summed E-state index contributed by atoms with van der Waals surface area (Å²) in [5, 5.41) is 6.34. The van der Waals surface area contributed by atoms with E-state index >= 15 is 0 Å². The predicted molar refractivity (Wildman–Crippen MR) is 77.6 cm³/mol. The van der Waals surface area contributed by atoms with Crippen molar-refractivity contribution in [3.05, 3.63) is 34.9 Å². The van der Waals surface area contributed by atoms with Crippen molar-refractivity contribution in [1.29, 1.82) is 0 Å². The van der Waals surface area contributed by atoms with Gasteiger partial charge < -0.3 is 15.5 Å². The first-order valence-electron chi connectivity index (χ1n) is 6.58. The summed E-state index contributed by atoms with van der Waals surface area (Å²) in [5.41, 5.74) is 0.858. The van der Waals surface area contributed by atoms with Crippen LogP contribution in [0, 0.1) is 0 Å². The molecule has 0 saturated carbocycles. The lowest BCUT2D eigenvalue weighted by molar-refractivity contribution is -0.140. The van der Waals surface area contributed by atoms with E-state index in [-0.39, 0.29) is 18.2 Å². The van der Waals surface area contributed by atoms with Crippen LogP contribution in [0.15, 0.2) is 24.3 Å². The Morgan fingerprint density at radius 3 is 3.00 bits per heavy atom. The number of carbonyl (C=O) groups excluding carboxylic acids is 2. The summed E-state index contributed by atoms with van der Waals surface area (Å²) in [6.07, 6.45) is 0.258. The number of benzene rings is 1. The van der Waals surface area contributed by atoms with Crippen LogP contribution in [0.25, 0.3) is 0 Å². The maximum atomic E-state index is 12.4. The highest BCUT2D eigenvalue weighted by atomic mass is 35.5. The third-order valence-electron chi connectivity index (χ3n) is 3.36. The molecule has 1 saturated heterocycles. The molecule has 2 N–H and O–H groups in total. The SMILES string of the molecule is CNC(=O)C1CNCCN1C(=O)Cc1cccc(Cl)c1. The number of hydrogen-bond acceptors (Lipinski definition) is 3. The summed E-state index contributed by atoms with van der Waals surface area (Å²) in [6.45, 7) is 1.73. The minimum absolute atomic E-state index is 0.0534. The van der Waals surface area contributed by atoms with Gasteiger partial charge in [-0.1, -0.05) is 23.7 Å². The smallest absolute Gasteiger partial charge is 0.243 e. The van der Waals surface area contributed by atoms with Gasteiger partial charge in [-0.2, -0.15) is 0 Å². The van der Waals surface area contributed by atoms with E-state index in [0.29, 0.717) is 24.7 Å². The second-order valence-corrected chi connectivity index (χ2v) is 5.16. The maximum Gasteiger partial charge on any atom is 0.243 e. The van der Waals surface area contributed by atoms with Gasteiger partial charge in [0.2, 0.25) is 11.8 Å². The monoisotopic (exact) mass is 295 g/mol. The molecule has 1 heterocycles. The summed E-state index contributed by atoms with van der Waals surface area (Å²) in [7, 11) is 1.58. The summed E-state index contributed by atoms with van der Waals surface area (Å²) in [4.78, 5) is 25.8. The highest BCUT2D eigenvalue weighted by Crippen LogP contribution is 2.13. The lowest BCUT2D eigenvalue weighted by Crippen LogP contribution is -2.59. The molecule has 0 aliphatic carbocycles. The normalized spacial score (nSPS) is 18.7. The molecule has 0 radical (unpaired) electrons. The van der Waals surface area contributed by atoms with Gasteiger partial charge in [-0.05, 0) is 17.7 Å². The first-order chi connectivity index (χ1) is 9.61. The molecule has 108 valence electrons. The largest absolute Gasteiger partial charge is 0.357 e. The zero-order chi connectivity index (χ0) is 14.5. The van der Waals surface area contributed by atoms with Crippen molar-refractivity contribution in [3.8, 4) is 0 Å². The van der Waals surface area contributed by atoms with Crippen LogP contribution in [0.4, 0.5) is 0 Å². The molecular weight excluding hydrogens is 278 g/mol. The highest BCUT2D eigenvalue weighted by Gasteiger charge is 2.31. The van der Waals surface area contributed by atoms with Gasteiger partial charge >= 0.3 is 0 Å². The fourth-order valence-corrected chi connectivity index (χ4v) is 2.54. The second-order valence-electron chi connectivity index (χ2n) is 4.73. The lowest BCUT2D eigenvalue weighted by atomic mass is 10.1. The van der Waals surface area contributed by atoms with Crippen molar-refractivity contribution in [2.24, 2.45) is 0 Å². The molecule has 2 amide bonds. The second kappa shape index (κ2) is 6.72. The molecule has 20 heavy (non-hydrogen) atoms. The van der Waals surface area contributed by atoms with E-state index in [1.807, 2.05) is 12.1 Å². The molecule has 1 unspecified atom stereocenters. The van der Waals surface area contributed by atoms with Gasteiger partial charge in [0.05, 0.1) is 6.42 Å². The molecule has 1 aromatic rings. The third-order valence-corrected chi connectivity index (χ3v) is 3.59. The molecule has 2 rings (SSSR count). The van der Waals surface area contributed by atoms with Crippen molar-refractivity contribution < 1.29 is 9.59 Å². The standard InChI is InChI=1S/C14H18ClN3O2/c1-16-14(20)12-9-17-5-6-18(12)13(19)8-10-3-2-4-11(15)7-10/h2-4,7,12,17H,5-6,8-9H2,1H3,(H,16,20).